The standard InChI is InChI=1S/C28H37ClN4O5S/c1-36-14-9-30-26-18-21(31-25-6-5-24(29)28(25)26)17-20-3-4-23(19-27(20)37-2)39(34,35)33-10-7-22(8-11-33)32-12-15-38-16-13-32/h3-5,18-19,22H,6-17H2,1-2H3,(H,30,31). The molecule has 1 N–H and O–H groups in total. The van der Waals surface area contributed by atoms with Crippen LogP contribution in [0.3, 0.4) is 0 Å². The van der Waals surface area contributed by atoms with E-state index in [9.17, 15) is 8.42 Å². The molecule has 0 atom stereocenters. The average molecular weight is 577 g/mol. The van der Waals surface area contributed by atoms with Gasteiger partial charge in [-0.2, -0.15) is 4.31 Å². The molecule has 3 heterocycles. The number of pyridine rings is 1. The van der Waals surface area contributed by atoms with Crippen LogP contribution >= 0.6 is 11.6 Å². The quantitative estimate of drug-likeness (QED) is 0.431. The zero-order chi connectivity index (χ0) is 27.4. The predicted octanol–water partition coefficient (Wildman–Crippen LogP) is 3.36. The summed E-state index contributed by atoms with van der Waals surface area (Å²) < 4.78 is 45.0. The van der Waals surface area contributed by atoms with Gasteiger partial charge in [0.05, 0.1) is 37.5 Å². The number of morpholine rings is 1. The van der Waals surface area contributed by atoms with Gasteiger partial charge in [-0.05, 0) is 25.0 Å². The summed E-state index contributed by atoms with van der Waals surface area (Å²) in [6.07, 6.45) is 4.81. The number of halogens is 1. The summed E-state index contributed by atoms with van der Waals surface area (Å²) in [7, 11) is -0.384. The average Bonchev–Trinajstić information content (AvgIpc) is 3.34. The normalized spacial score (nSPS) is 19.1. The summed E-state index contributed by atoms with van der Waals surface area (Å²) in [5.41, 5.74) is 4.50. The third-order valence-electron chi connectivity index (χ3n) is 7.74. The van der Waals surface area contributed by atoms with Gasteiger partial charge in [-0.15, -0.1) is 0 Å². The summed E-state index contributed by atoms with van der Waals surface area (Å²) in [5.74, 6) is 0.534. The van der Waals surface area contributed by atoms with Gasteiger partial charge in [-0.3, -0.25) is 9.88 Å². The molecule has 2 fully saturated rings. The first-order valence-corrected chi connectivity index (χ1v) is 15.3. The fraction of sp³-hybridized carbons (Fsp3) is 0.536. The molecule has 0 amide bonds. The minimum Gasteiger partial charge on any atom is -0.496 e. The van der Waals surface area contributed by atoms with Crippen molar-refractivity contribution < 1.29 is 22.6 Å². The van der Waals surface area contributed by atoms with E-state index < -0.39 is 10.0 Å². The maximum absolute atomic E-state index is 13.5. The van der Waals surface area contributed by atoms with Crippen LogP contribution in [0.4, 0.5) is 5.69 Å². The fourth-order valence-electron chi connectivity index (χ4n) is 5.64. The number of allylic oxidation sites excluding steroid dienone is 1. The highest BCUT2D eigenvalue weighted by atomic mass is 35.5. The largest absolute Gasteiger partial charge is 0.496 e. The molecule has 0 saturated carbocycles. The van der Waals surface area contributed by atoms with E-state index in [1.54, 1.807) is 30.7 Å². The lowest BCUT2D eigenvalue weighted by Gasteiger charge is -2.39. The van der Waals surface area contributed by atoms with E-state index in [2.05, 4.69) is 10.2 Å². The Morgan fingerprint density at radius 1 is 1.13 bits per heavy atom. The molecule has 9 nitrogen and oxygen atoms in total. The molecule has 212 valence electrons. The summed E-state index contributed by atoms with van der Waals surface area (Å²) in [5, 5.41) is 4.10. The highest BCUT2D eigenvalue weighted by Crippen LogP contribution is 2.37. The molecule has 2 saturated heterocycles. The zero-order valence-corrected chi connectivity index (χ0v) is 24.2. The lowest BCUT2D eigenvalue weighted by atomic mass is 10.0. The smallest absolute Gasteiger partial charge is 0.243 e. The molecule has 3 aliphatic rings. The van der Waals surface area contributed by atoms with Crippen molar-refractivity contribution in [1.29, 1.82) is 0 Å². The summed E-state index contributed by atoms with van der Waals surface area (Å²) >= 11 is 6.45. The van der Waals surface area contributed by atoms with E-state index >= 15 is 0 Å². The van der Waals surface area contributed by atoms with Crippen LogP contribution in [0, 0.1) is 0 Å². The van der Waals surface area contributed by atoms with Crippen LogP contribution in [0.5, 0.6) is 5.75 Å². The number of hydrogen-bond acceptors (Lipinski definition) is 8. The molecule has 1 aliphatic carbocycles. The maximum atomic E-state index is 13.5. The molecule has 2 aliphatic heterocycles. The Labute approximate surface area is 236 Å². The summed E-state index contributed by atoms with van der Waals surface area (Å²) in [6, 6.07) is 7.58. The first-order valence-electron chi connectivity index (χ1n) is 13.5. The van der Waals surface area contributed by atoms with Crippen LogP contribution in [0.15, 0.2) is 35.2 Å². The number of aromatic nitrogens is 1. The number of methoxy groups -OCH3 is 2. The molecular weight excluding hydrogens is 540 g/mol. The molecule has 39 heavy (non-hydrogen) atoms. The van der Waals surface area contributed by atoms with Crippen LogP contribution in [0.2, 0.25) is 0 Å². The second-order valence-electron chi connectivity index (χ2n) is 10.1. The van der Waals surface area contributed by atoms with Gasteiger partial charge in [0, 0.05) is 92.3 Å². The monoisotopic (exact) mass is 576 g/mol. The molecule has 0 spiro atoms. The van der Waals surface area contributed by atoms with E-state index in [1.165, 1.54) is 0 Å². The highest BCUT2D eigenvalue weighted by molar-refractivity contribution is 7.89. The molecule has 5 rings (SSSR count). The Balaban J connectivity index is 1.31. The molecule has 2 aromatic rings. The van der Waals surface area contributed by atoms with E-state index in [-0.39, 0.29) is 4.90 Å². The number of sulfonamides is 1. The number of nitrogens with one attached hydrogen (secondary N) is 1. The third kappa shape index (κ3) is 6.26. The van der Waals surface area contributed by atoms with Gasteiger partial charge in [-0.1, -0.05) is 23.7 Å². The van der Waals surface area contributed by atoms with Crippen molar-refractivity contribution in [1.82, 2.24) is 14.2 Å². The van der Waals surface area contributed by atoms with Gasteiger partial charge in [-0.25, -0.2) is 8.42 Å². The minimum atomic E-state index is -3.62. The predicted molar refractivity (Wildman–Crippen MR) is 152 cm³/mol. The molecule has 11 heteroatoms. The Morgan fingerprint density at radius 3 is 2.62 bits per heavy atom. The van der Waals surface area contributed by atoms with Gasteiger partial charge < -0.3 is 19.5 Å². The maximum Gasteiger partial charge on any atom is 0.243 e. The third-order valence-corrected chi connectivity index (χ3v) is 9.97. The van der Waals surface area contributed by atoms with Crippen LogP contribution < -0.4 is 10.1 Å². The molecule has 1 aromatic carbocycles. The van der Waals surface area contributed by atoms with Crippen molar-refractivity contribution in [2.24, 2.45) is 0 Å². The van der Waals surface area contributed by atoms with Crippen molar-refractivity contribution in [2.75, 3.05) is 72.1 Å². The highest BCUT2D eigenvalue weighted by Gasteiger charge is 2.32. The Hall–Kier alpha value is -2.21. The van der Waals surface area contributed by atoms with Crippen molar-refractivity contribution >= 4 is 32.3 Å². The van der Waals surface area contributed by atoms with E-state index in [0.29, 0.717) is 55.9 Å². The number of ether oxygens (including phenoxy) is 3. The fourth-order valence-corrected chi connectivity index (χ4v) is 7.42. The second kappa shape index (κ2) is 12.5. The van der Waals surface area contributed by atoms with Crippen molar-refractivity contribution in [3.63, 3.8) is 0 Å². The number of fused-ring (bicyclic) bond motifs is 1. The molecule has 0 radical (unpaired) electrons. The zero-order valence-electron chi connectivity index (χ0n) is 22.6. The molecule has 0 bridgehead atoms. The minimum absolute atomic E-state index is 0.257. The van der Waals surface area contributed by atoms with Crippen molar-refractivity contribution in [3.8, 4) is 5.75 Å². The first-order chi connectivity index (χ1) is 18.9. The topological polar surface area (TPSA) is 93.2 Å². The lowest BCUT2D eigenvalue weighted by Crippen LogP contribution is -2.50. The van der Waals surface area contributed by atoms with Crippen LogP contribution in [-0.2, 0) is 32.3 Å². The number of hydrogen-bond donors (Lipinski definition) is 1. The van der Waals surface area contributed by atoms with Crippen molar-refractivity contribution in [3.05, 3.63) is 52.9 Å². The second-order valence-corrected chi connectivity index (χ2v) is 12.4. The van der Waals surface area contributed by atoms with Crippen LogP contribution in [-0.4, -0.2) is 95.4 Å². The molecule has 1 aromatic heterocycles. The SMILES string of the molecule is COCCNc1cc(Cc2ccc(S(=O)(=O)N3CCC(N4CCOCC4)CC3)cc2OC)nc2c1C(Cl)=CC2. The first kappa shape index (κ1) is 28.3. The Kier molecular flexibility index (Phi) is 9.10. The molecular formula is C28H37ClN4O5S. The number of rotatable bonds is 10. The number of anilines is 1. The lowest BCUT2D eigenvalue weighted by molar-refractivity contribution is 0.00610. The number of nitrogens with zero attached hydrogens (tertiary/aromatic N) is 3. The molecule has 0 unspecified atom stereocenters. The summed E-state index contributed by atoms with van der Waals surface area (Å²) in [6.45, 7) is 5.60. The van der Waals surface area contributed by atoms with E-state index in [0.717, 1.165) is 67.3 Å². The van der Waals surface area contributed by atoms with Gasteiger partial charge >= 0.3 is 0 Å². The Morgan fingerprint density at radius 2 is 1.90 bits per heavy atom. The van der Waals surface area contributed by atoms with E-state index in [1.807, 2.05) is 18.2 Å². The van der Waals surface area contributed by atoms with Gasteiger partial charge in [0.1, 0.15) is 5.75 Å². The van der Waals surface area contributed by atoms with Crippen LogP contribution in [0.25, 0.3) is 5.03 Å². The van der Waals surface area contributed by atoms with Gasteiger partial charge in [0.15, 0.2) is 0 Å². The number of benzene rings is 1. The van der Waals surface area contributed by atoms with E-state index in [4.69, 9.17) is 30.8 Å². The van der Waals surface area contributed by atoms with Gasteiger partial charge in [0.2, 0.25) is 10.0 Å². The van der Waals surface area contributed by atoms with Crippen LogP contribution in [0.1, 0.15) is 35.4 Å². The summed E-state index contributed by atoms with van der Waals surface area (Å²) in [4.78, 5) is 7.54. The van der Waals surface area contributed by atoms with Crippen molar-refractivity contribution in [2.45, 2.75) is 36.6 Å². The number of piperidine rings is 1. The van der Waals surface area contributed by atoms with Gasteiger partial charge in [0.25, 0.3) is 0 Å². The Bertz CT molecular complexity index is 1310.